The minimum absolute atomic E-state index is 0.702. The smallest absolute Gasteiger partial charge is 0.194 e. The minimum atomic E-state index is 0.702. The Hall–Kier alpha value is -2.28. The molecule has 3 rings (SSSR count). The van der Waals surface area contributed by atoms with Gasteiger partial charge in [-0.25, -0.2) is 4.98 Å². The first-order valence-electron chi connectivity index (χ1n) is 8.79. The maximum atomic E-state index is 4.77. The molecule has 3 aromatic rings. The zero-order chi connectivity index (χ0) is 18.5. The van der Waals surface area contributed by atoms with E-state index in [0.717, 1.165) is 41.3 Å². The molecule has 0 saturated heterocycles. The fourth-order valence-electron chi connectivity index (χ4n) is 2.89. The van der Waals surface area contributed by atoms with Crippen molar-refractivity contribution in [3.05, 3.63) is 58.7 Å². The van der Waals surface area contributed by atoms with Crippen LogP contribution in [0.1, 0.15) is 18.3 Å². The van der Waals surface area contributed by atoms with Crippen LogP contribution in [0.4, 0.5) is 0 Å². The van der Waals surface area contributed by atoms with Crippen LogP contribution in [0.3, 0.4) is 0 Å². The van der Waals surface area contributed by atoms with E-state index >= 15 is 0 Å². The maximum absolute atomic E-state index is 4.77. The lowest BCUT2D eigenvalue weighted by Crippen LogP contribution is -2.39. The number of aryl methyl sites for hydroxylation is 1. The van der Waals surface area contributed by atoms with E-state index in [2.05, 4.69) is 75.2 Å². The number of aliphatic imine (C=N–C) groups is 1. The molecule has 0 aliphatic heterocycles. The van der Waals surface area contributed by atoms with Crippen LogP contribution >= 0.6 is 15.9 Å². The second kappa shape index (κ2) is 8.40. The number of nitrogens with one attached hydrogen (secondary N) is 1. The van der Waals surface area contributed by atoms with Crippen LogP contribution < -0.4 is 5.32 Å². The van der Waals surface area contributed by atoms with Crippen molar-refractivity contribution < 1.29 is 0 Å². The van der Waals surface area contributed by atoms with Crippen molar-refractivity contribution in [2.24, 2.45) is 12.0 Å². The number of nitrogens with zero attached hydrogens (tertiary/aromatic N) is 5. The molecule has 0 aliphatic carbocycles. The Bertz CT molecular complexity index is 861. The zero-order valence-electron chi connectivity index (χ0n) is 15.5. The molecular formula is C19H25BrN6. The lowest BCUT2D eigenvalue weighted by molar-refractivity contribution is 0.462. The number of pyridine rings is 1. The summed E-state index contributed by atoms with van der Waals surface area (Å²) in [5.41, 5.74) is 3.26. The van der Waals surface area contributed by atoms with Gasteiger partial charge >= 0.3 is 0 Å². The van der Waals surface area contributed by atoms with Crippen molar-refractivity contribution in [3.63, 3.8) is 0 Å². The van der Waals surface area contributed by atoms with Gasteiger partial charge in [0.05, 0.1) is 12.2 Å². The molecule has 0 aromatic carbocycles. The van der Waals surface area contributed by atoms with Crippen molar-refractivity contribution in [2.45, 2.75) is 19.9 Å². The summed E-state index contributed by atoms with van der Waals surface area (Å²) in [6.07, 6.45) is 6.98. The van der Waals surface area contributed by atoms with Gasteiger partial charge in [-0.1, -0.05) is 6.07 Å². The van der Waals surface area contributed by atoms with Gasteiger partial charge < -0.3 is 19.2 Å². The molecule has 1 N–H and O–H groups in total. The number of fused-ring (bicyclic) bond motifs is 1. The first-order valence-corrected chi connectivity index (χ1v) is 9.59. The third-order valence-electron chi connectivity index (χ3n) is 4.21. The number of guanidine groups is 1. The van der Waals surface area contributed by atoms with Gasteiger partial charge in [-0.2, -0.15) is 0 Å². The SMILES string of the molecule is CCNC(=NCCc1cn2ccccc2n1)N(C)Cc1cc(Br)cn1C. The fraction of sp³-hybridized carbons (Fsp3) is 0.368. The first kappa shape index (κ1) is 18.5. The Morgan fingerprint density at radius 3 is 2.88 bits per heavy atom. The summed E-state index contributed by atoms with van der Waals surface area (Å²) in [5.74, 6) is 0.911. The topological polar surface area (TPSA) is 49.9 Å². The van der Waals surface area contributed by atoms with E-state index in [0.29, 0.717) is 6.54 Å². The first-order chi connectivity index (χ1) is 12.6. The van der Waals surface area contributed by atoms with Crippen molar-refractivity contribution in [3.8, 4) is 0 Å². The molecule has 26 heavy (non-hydrogen) atoms. The van der Waals surface area contributed by atoms with Crippen molar-refractivity contribution in [1.29, 1.82) is 0 Å². The molecule has 0 amide bonds. The lowest BCUT2D eigenvalue weighted by atomic mass is 10.3. The largest absolute Gasteiger partial charge is 0.357 e. The van der Waals surface area contributed by atoms with Crippen molar-refractivity contribution >= 4 is 27.5 Å². The average molecular weight is 417 g/mol. The van der Waals surface area contributed by atoms with Crippen LogP contribution in [-0.2, 0) is 20.0 Å². The quantitative estimate of drug-likeness (QED) is 0.496. The molecule has 0 fully saturated rings. The van der Waals surface area contributed by atoms with E-state index in [1.807, 2.05) is 28.8 Å². The highest BCUT2D eigenvalue weighted by atomic mass is 79.9. The Kier molecular flexibility index (Phi) is 5.98. The molecule has 0 radical (unpaired) electrons. The van der Waals surface area contributed by atoms with Gasteiger partial charge in [0.15, 0.2) is 5.96 Å². The molecule has 0 bridgehead atoms. The molecule has 0 spiro atoms. The predicted octanol–water partition coefficient (Wildman–Crippen LogP) is 3.08. The molecular weight excluding hydrogens is 392 g/mol. The van der Waals surface area contributed by atoms with Crippen LogP contribution in [0.5, 0.6) is 0 Å². The third kappa shape index (κ3) is 4.46. The van der Waals surface area contributed by atoms with Crippen LogP contribution in [-0.4, -0.2) is 44.9 Å². The summed E-state index contributed by atoms with van der Waals surface area (Å²) in [6.45, 7) is 4.43. The van der Waals surface area contributed by atoms with E-state index in [1.165, 1.54) is 5.69 Å². The van der Waals surface area contributed by atoms with Gasteiger partial charge in [-0.3, -0.25) is 4.99 Å². The number of hydrogen-bond acceptors (Lipinski definition) is 2. The van der Waals surface area contributed by atoms with Crippen LogP contribution in [0, 0.1) is 0 Å². The van der Waals surface area contributed by atoms with Crippen LogP contribution in [0.2, 0.25) is 0 Å². The molecule has 6 nitrogen and oxygen atoms in total. The molecule has 0 saturated carbocycles. The van der Waals surface area contributed by atoms with Gasteiger partial charge in [-0.15, -0.1) is 0 Å². The van der Waals surface area contributed by atoms with Gasteiger partial charge in [0, 0.05) is 62.4 Å². The number of hydrogen-bond donors (Lipinski definition) is 1. The number of rotatable bonds is 6. The van der Waals surface area contributed by atoms with Crippen LogP contribution in [0.15, 0.2) is 52.3 Å². The van der Waals surface area contributed by atoms with Gasteiger partial charge in [0.2, 0.25) is 0 Å². The minimum Gasteiger partial charge on any atom is -0.357 e. The Labute approximate surface area is 162 Å². The number of imidazole rings is 1. The molecule has 7 heteroatoms. The van der Waals surface area contributed by atoms with Crippen molar-refractivity contribution in [2.75, 3.05) is 20.1 Å². The standard InChI is InChI=1S/C19H25BrN6/c1-4-21-19(25(3)14-17-11-15(20)12-24(17)2)22-9-8-16-13-26-10-6-5-7-18(26)23-16/h5-7,10-13H,4,8-9,14H2,1-3H3,(H,21,22). The average Bonchev–Trinajstić information content (AvgIpc) is 3.16. The lowest BCUT2D eigenvalue weighted by Gasteiger charge is -2.22. The second-order valence-corrected chi connectivity index (χ2v) is 7.22. The zero-order valence-corrected chi connectivity index (χ0v) is 17.1. The molecule has 0 atom stereocenters. The highest BCUT2D eigenvalue weighted by Gasteiger charge is 2.10. The van der Waals surface area contributed by atoms with E-state index in [4.69, 9.17) is 4.99 Å². The fourth-order valence-corrected chi connectivity index (χ4v) is 3.47. The molecule has 0 aliphatic rings. The highest BCUT2D eigenvalue weighted by Crippen LogP contribution is 2.15. The second-order valence-electron chi connectivity index (χ2n) is 6.30. The van der Waals surface area contributed by atoms with Crippen molar-refractivity contribution in [1.82, 2.24) is 24.2 Å². The normalized spacial score (nSPS) is 11.9. The summed E-state index contributed by atoms with van der Waals surface area (Å²) in [5, 5.41) is 3.37. The Balaban J connectivity index is 1.65. The predicted molar refractivity (Wildman–Crippen MR) is 109 cm³/mol. The summed E-state index contributed by atoms with van der Waals surface area (Å²) in [4.78, 5) is 11.6. The van der Waals surface area contributed by atoms with E-state index in [-0.39, 0.29) is 0 Å². The summed E-state index contributed by atoms with van der Waals surface area (Å²) in [7, 11) is 4.12. The third-order valence-corrected chi connectivity index (χ3v) is 4.65. The highest BCUT2D eigenvalue weighted by molar-refractivity contribution is 9.10. The van der Waals surface area contributed by atoms with E-state index in [1.54, 1.807) is 0 Å². The molecule has 0 unspecified atom stereocenters. The van der Waals surface area contributed by atoms with Crippen LogP contribution in [0.25, 0.3) is 5.65 Å². The van der Waals surface area contributed by atoms with Gasteiger partial charge in [0.25, 0.3) is 0 Å². The summed E-state index contributed by atoms with van der Waals surface area (Å²) in [6, 6.07) is 8.17. The monoisotopic (exact) mass is 416 g/mol. The van der Waals surface area contributed by atoms with E-state index < -0.39 is 0 Å². The van der Waals surface area contributed by atoms with Gasteiger partial charge in [-0.05, 0) is 41.1 Å². The van der Waals surface area contributed by atoms with Gasteiger partial charge in [0.1, 0.15) is 5.65 Å². The Morgan fingerprint density at radius 2 is 2.19 bits per heavy atom. The summed E-state index contributed by atoms with van der Waals surface area (Å²) >= 11 is 3.53. The summed E-state index contributed by atoms with van der Waals surface area (Å²) < 4.78 is 5.27. The Morgan fingerprint density at radius 1 is 1.35 bits per heavy atom. The number of aromatic nitrogens is 3. The number of halogens is 1. The molecule has 3 heterocycles. The maximum Gasteiger partial charge on any atom is 0.194 e. The molecule has 138 valence electrons. The molecule has 3 aromatic heterocycles. The van der Waals surface area contributed by atoms with E-state index in [9.17, 15) is 0 Å².